The van der Waals surface area contributed by atoms with Gasteiger partial charge in [0.15, 0.2) is 0 Å². The summed E-state index contributed by atoms with van der Waals surface area (Å²) >= 11 is 0. The second-order valence-corrected chi connectivity index (χ2v) is 4.12. The van der Waals surface area contributed by atoms with Gasteiger partial charge in [0.05, 0.1) is 13.7 Å². The number of pyridine rings is 1. The third-order valence-corrected chi connectivity index (χ3v) is 2.94. The summed E-state index contributed by atoms with van der Waals surface area (Å²) in [5.74, 6) is 0.280. The molecule has 1 fully saturated rings. The minimum Gasteiger partial charge on any atom is -0.481 e. The van der Waals surface area contributed by atoms with E-state index in [1.54, 1.807) is 30.2 Å². The van der Waals surface area contributed by atoms with Gasteiger partial charge in [-0.2, -0.15) is 0 Å². The van der Waals surface area contributed by atoms with E-state index in [4.69, 9.17) is 4.74 Å². The van der Waals surface area contributed by atoms with E-state index < -0.39 is 6.04 Å². The number of rotatable bonds is 3. The van der Waals surface area contributed by atoms with Crippen molar-refractivity contribution in [3.05, 3.63) is 23.9 Å². The van der Waals surface area contributed by atoms with Crippen LogP contribution < -0.4 is 10.1 Å². The van der Waals surface area contributed by atoms with Crippen molar-refractivity contribution in [2.45, 2.75) is 19.5 Å². The van der Waals surface area contributed by atoms with Crippen molar-refractivity contribution in [3.63, 3.8) is 0 Å². The van der Waals surface area contributed by atoms with Crippen molar-refractivity contribution in [1.82, 2.24) is 15.2 Å². The molecule has 1 unspecified atom stereocenters. The summed E-state index contributed by atoms with van der Waals surface area (Å²) in [6.45, 7) is 2.16. The molecule has 0 radical (unpaired) electrons. The fourth-order valence-corrected chi connectivity index (χ4v) is 1.85. The topological polar surface area (TPSA) is 71.5 Å². The van der Waals surface area contributed by atoms with Gasteiger partial charge in [0, 0.05) is 18.8 Å². The molecular formula is C12H15N3O3. The van der Waals surface area contributed by atoms with E-state index in [9.17, 15) is 9.59 Å². The van der Waals surface area contributed by atoms with Crippen LogP contribution in [0.25, 0.3) is 0 Å². The van der Waals surface area contributed by atoms with Crippen LogP contribution in [-0.2, 0) is 16.1 Å². The zero-order valence-electron chi connectivity index (χ0n) is 10.3. The smallest absolute Gasteiger partial charge is 0.242 e. The van der Waals surface area contributed by atoms with Crippen molar-refractivity contribution < 1.29 is 14.3 Å². The Kier molecular flexibility index (Phi) is 3.45. The molecule has 1 aliphatic rings. The highest BCUT2D eigenvalue weighted by Crippen LogP contribution is 2.14. The van der Waals surface area contributed by atoms with Gasteiger partial charge in [-0.15, -0.1) is 0 Å². The van der Waals surface area contributed by atoms with E-state index in [1.807, 2.05) is 0 Å². The van der Waals surface area contributed by atoms with Gasteiger partial charge in [-0.05, 0) is 18.6 Å². The van der Waals surface area contributed by atoms with Gasteiger partial charge in [-0.1, -0.05) is 0 Å². The molecule has 6 nitrogen and oxygen atoms in total. The summed E-state index contributed by atoms with van der Waals surface area (Å²) in [6.07, 6.45) is 1.62. The lowest BCUT2D eigenvalue weighted by Crippen LogP contribution is -2.56. The molecule has 6 heteroatoms. The summed E-state index contributed by atoms with van der Waals surface area (Å²) in [4.78, 5) is 28.8. The summed E-state index contributed by atoms with van der Waals surface area (Å²) in [5.41, 5.74) is 0.886. The quantitative estimate of drug-likeness (QED) is 0.814. The maximum atomic E-state index is 11.8. The van der Waals surface area contributed by atoms with E-state index in [2.05, 4.69) is 10.3 Å². The molecule has 1 saturated heterocycles. The van der Waals surface area contributed by atoms with Crippen LogP contribution in [0.3, 0.4) is 0 Å². The average molecular weight is 249 g/mol. The Morgan fingerprint density at radius 2 is 2.33 bits per heavy atom. The lowest BCUT2D eigenvalue weighted by Gasteiger charge is -2.32. The first-order valence-corrected chi connectivity index (χ1v) is 5.68. The van der Waals surface area contributed by atoms with Gasteiger partial charge < -0.3 is 15.0 Å². The average Bonchev–Trinajstić information content (AvgIpc) is 2.39. The normalized spacial score (nSPS) is 19.7. The molecule has 1 aromatic rings. The highest BCUT2D eigenvalue weighted by atomic mass is 16.5. The molecular weight excluding hydrogens is 234 g/mol. The van der Waals surface area contributed by atoms with Gasteiger partial charge in [-0.25, -0.2) is 4.98 Å². The molecule has 0 bridgehead atoms. The Balaban J connectivity index is 2.15. The van der Waals surface area contributed by atoms with Crippen molar-refractivity contribution in [1.29, 1.82) is 0 Å². The fourth-order valence-electron chi connectivity index (χ4n) is 1.85. The molecule has 0 aliphatic carbocycles. The van der Waals surface area contributed by atoms with Crippen molar-refractivity contribution in [2.24, 2.45) is 0 Å². The number of nitrogens with one attached hydrogen (secondary N) is 1. The van der Waals surface area contributed by atoms with Crippen LogP contribution >= 0.6 is 0 Å². The van der Waals surface area contributed by atoms with Crippen LogP contribution in [0.4, 0.5) is 0 Å². The molecule has 96 valence electrons. The molecule has 0 saturated carbocycles. The molecule has 18 heavy (non-hydrogen) atoms. The van der Waals surface area contributed by atoms with Gasteiger partial charge in [0.2, 0.25) is 17.7 Å². The second-order valence-electron chi connectivity index (χ2n) is 4.12. The zero-order chi connectivity index (χ0) is 13.1. The predicted molar refractivity (Wildman–Crippen MR) is 63.8 cm³/mol. The van der Waals surface area contributed by atoms with E-state index in [0.29, 0.717) is 12.4 Å². The Bertz CT molecular complexity index is 475. The van der Waals surface area contributed by atoms with Gasteiger partial charge in [0.1, 0.15) is 6.04 Å². The summed E-state index contributed by atoms with van der Waals surface area (Å²) in [6, 6.07) is 3.10. The lowest BCUT2D eigenvalue weighted by molar-refractivity contribution is -0.145. The molecule has 2 heterocycles. The molecule has 0 spiro atoms. The molecule has 0 aromatic carbocycles. The number of nitrogens with zero attached hydrogens (tertiary/aromatic N) is 2. The molecule has 2 amide bonds. The van der Waals surface area contributed by atoms with Gasteiger partial charge >= 0.3 is 0 Å². The molecule has 1 aromatic heterocycles. The maximum Gasteiger partial charge on any atom is 0.242 e. The van der Waals surface area contributed by atoms with Crippen LogP contribution in [0.2, 0.25) is 0 Å². The molecule has 1 aliphatic heterocycles. The minimum absolute atomic E-state index is 0.0609. The number of amides is 2. The van der Waals surface area contributed by atoms with Crippen molar-refractivity contribution in [3.8, 4) is 5.88 Å². The Labute approximate surface area is 105 Å². The van der Waals surface area contributed by atoms with Crippen LogP contribution in [0.5, 0.6) is 5.88 Å². The standard InChI is InChI=1S/C12H15N3O3/c1-8-12(17)14-6-11(16)15(8)7-9-3-4-13-10(5-9)18-2/h3-5,8H,6-7H2,1-2H3,(H,14,17). The first-order chi connectivity index (χ1) is 8.61. The summed E-state index contributed by atoms with van der Waals surface area (Å²) in [7, 11) is 1.54. The highest BCUT2D eigenvalue weighted by Gasteiger charge is 2.30. The monoisotopic (exact) mass is 249 g/mol. The fraction of sp³-hybridized carbons (Fsp3) is 0.417. The largest absolute Gasteiger partial charge is 0.481 e. The third kappa shape index (κ3) is 2.42. The Morgan fingerprint density at radius 1 is 1.56 bits per heavy atom. The number of carbonyl (C=O) groups is 2. The summed E-state index contributed by atoms with van der Waals surface area (Å²) in [5, 5.41) is 2.55. The van der Waals surface area contributed by atoms with Crippen LogP contribution in [0, 0.1) is 0 Å². The number of hydrogen-bond donors (Lipinski definition) is 1. The van der Waals surface area contributed by atoms with Crippen molar-refractivity contribution >= 4 is 11.8 Å². The van der Waals surface area contributed by atoms with E-state index >= 15 is 0 Å². The second kappa shape index (κ2) is 5.03. The first-order valence-electron chi connectivity index (χ1n) is 5.68. The van der Waals surface area contributed by atoms with Gasteiger partial charge in [-0.3, -0.25) is 9.59 Å². The molecule has 1 N–H and O–H groups in total. The van der Waals surface area contributed by atoms with Crippen molar-refractivity contribution in [2.75, 3.05) is 13.7 Å². The number of methoxy groups -OCH3 is 1. The SMILES string of the molecule is COc1cc(CN2C(=O)CNC(=O)C2C)ccn1. The minimum atomic E-state index is -0.453. The van der Waals surface area contributed by atoms with E-state index in [-0.39, 0.29) is 18.4 Å². The number of carbonyl (C=O) groups excluding carboxylic acids is 2. The third-order valence-electron chi connectivity index (χ3n) is 2.94. The molecule has 1 atom stereocenters. The summed E-state index contributed by atoms with van der Waals surface area (Å²) < 4.78 is 5.02. The Morgan fingerprint density at radius 3 is 3.06 bits per heavy atom. The van der Waals surface area contributed by atoms with Crippen LogP contribution in [-0.4, -0.2) is 41.4 Å². The maximum absolute atomic E-state index is 11.8. The number of hydrogen-bond acceptors (Lipinski definition) is 4. The van der Waals surface area contributed by atoms with Gasteiger partial charge in [0.25, 0.3) is 0 Å². The van der Waals surface area contributed by atoms with Crippen LogP contribution in [0.15, 0.2) is 18.3 Å². The molecule has 2 rings (SSSR count). The number of ether oxygens (including phenoxy) is 1. The predicted octanol–water partition coefficient (Wildman–Crippen LogP) is -0.0629. The van der Waals surface area contributed by atoms with Crippen LogP contribution in [0.1, 0.15) is 12.5 Å². The first kappa shape index (κ1) is 12.3. The number of aromatic nitrogens is 1. The number of piperazine rings is 1. The zero-order valence-corrected chi connectivity index (χ0v) is 10.3. The van der Waals surface area contributed by atoms with E-state index in [0.717, 1.165) is 5.56 Å². The van der Waals surface area contributed by atoms with E-state index in [1.165, 1.54) is 7.11 Å². The lowest BCUT2D eigenvalue weighted by atomic mass is 10.1. The Hall–Kier alpha value is -2.11. The highest BCUT2D eigenvalue weighted by molar-refractivity contribution is 5.94.